The van der Waals surface area contributed by atoms with Gasteiger partial charge in [0.1, 0.15) is 0 Å². The van der Waals surface area contributed by atoms with Crippen LogP contribution >= 0.6 is 0 Å². The Morgan fingerprint density at radius 2 is 2.00 bits per heavy atom. The summed E-state index contributed by atoms with van der Waals surface area (Å²) in [6, 6.07) is 0. The van der Waals surface area contributed by atoms with Crippen molar-refractivity contribution in [1.29, 1.82) is 0 Å². The molecule has 0 rings (SSSR count). The summed E-state index contributed by atoms with van der Waals surface area (Å²) in [6.45, 7) is 0.908. The first-order valence-electron chi connectivity index (χ1n) is 2.48. The van der Waals surface area contributed by atoms with Crippen molar-refractivity contribution in [3.63, 3.8) is 0 Å². The van der Waals surface area contributed by atoms with Crippen molar-refractivity contribution < 1.29 is 8.42 Å². The second kappa shape index (κ2) is 3.78. The maximum absolute atomic E-state index is 10.1. The van der Waals surface area contributed by atoms with Crippen LogP contribution in [0.5, 0.6) is 0 Å². The topological polar surface area (TPSA) is 84.2 Å². The van der Waals surface area contributed by atoms with Gasteiger partial charge in [-0.15, -0.1) is 0 Å². The van der Waals surface area contributed by atoms with Crippen molar-refractivity contribution in [2.75, 3.05) is 20.1 Å². The molecule has 0 bridgehead atoms. The molecule has 0 saturated heterocycles. The molecule has 0 aromatic carbocycles. The number of hydrogen-bond acceptors (Lipinski definition) is 3. The smallest absolute Gasteiger partial charge is 0.274 e. The fraction of sp³-hybridized carbons (Fsp3) is 1.00. The van der Waals surface area contributed by atoms with E-state index in [9.17, 15) is 8.42 Å². The van der Waals surface area contributed by atoms with Gasteiger partial charge in [0.2, 0.25) is 0 Å². The predicted molar refractivity (Wildman–Crippen MR) is 35.0 cm³/mol. The highest BCUT2D eigenvalue weighted by Gasteiger charge is 1.96. The molecule has 0 atom stereocenters. The monoisotopic (exact) mass is 153 g/mol. The van der Waals surface area contributed by atoms with Crippen LogP contribution in [0.2, 0.25) is 0 Å². The zero-order valence-electron chi connectivity index (χ0n) is 5.22. The van der Waals surface area contributed by atoms with Gasteiger partial charge in [0.25, 0.3) is 10.2 Å². The highest BCUT2D eigenvalue weighted by atomic mass is 32.2. The average Bonchev–Trinajstić information content (AvgIpc) is 1.63. The normalized spacial score (nSPS) is 11.8. The summed E-state index contributed by atoms with van der Waals surface area (Å²) in [5.74, 6) is 0. The van der Waals surface area contributed by atoms with Crippen molar-refractivity contribution in [2.45, 2.75) is 0 Å². The molecule has 0 heterocycles. The Balaban J connectivity index is 3.30. The lowest BCUT2D eigenvalue weighted by atomic mass is 10.7. The molecule has 5 nitrogen and oxygen atoms in total. The van der Waals surface area contributed by atoms with E-state index in [0.29, 0.717) is 13.1 Å². The van der Waals surface area contributed by atoms with Crippen LogP contribution in [0.1, 0.15) is 0 Å². The second-order valence-corrected chi connectivity index (χ2v) is 2.92. The average molecular weight is 153 g/mol. The quantitative estimate of drug-likeness (QED) is 0.408. The molecule has 9 heavy (non-hydrogen) atoms. The molecular weight excluding hydrogens is 142 g/mol. The highest BCUT2D eigenvalue weighted by molar-refractivity contribution is 7.87. The molecule has 0 radical (unpaired) electrons. The van der Waals surface area contributed by atoms with Gasteiger partial charge in [-0.1, -0.05) is 0 Å². The van der Waals surface area contributed by atoms with Crippen molar-refractivity contribution in [3.8, 4) is 0 Å². The number of rotatable bonds is 4. The zero-order chi connectivity index (χ0) is 7.33. The third kappa shape index (κ3) is 7.83. The van der Waals surface area contributed by atoms with Gasteiger partial charge in [0.05, 0.1) is 0 Å². The van der Waals surface area contributed by atoms with Crippen LogP contribution in [0.15, 0.2) is 0 Å². The molecule has 0 unspecified atom stereocenters. The minimum atomic E-state index is -3.49. The van der Waals surface area contributed by atoms with Crippen LogP contribution in [-0.2, 0) is 10.2 Å². The summed E-state index contributed by atoms with van der Waals surface area (Å²) in [4.78, 5) is 0. The van der Waals surface area contributed by atoms with Gasteiger partial charge in [-0.05, 0) is 7.05 Å². The van der Waals surface area contributed by atoms with E-state index < -0.39 is 10.2 Å². The first kappa shape index (κ1) is 8.83. The molecule has 0 aliphatic heterocycles. The van der Waals surface area contributed by atoms with Crippen LogP contribution < -0.4 is 15.2 Å². The predicted octanol–water partition coefficient (Wildman–Crippen LogP) is -2.00. The van der Waals surface area contributed by atoms with Gasteiger partial charge < -0.3 is 5.32 Å². The fourth-order valence-corrected chi connectivity index (χ4v) is 0.705. The van der Waals surface area contributed by atoms with Gasteiger partial charge >= 0.3 is 0 Å². The lowest BCUT2D eigenvalue weighted by Gasteiger charge is -1.98. The van der Waals surface area contributed by atoms with Gasteiger partial charge in [0, 0.05) is 13.1 Å². The summed E-state index contributed by atoms with van der Waals surface area (Å²) in [5.41, 5.74) is 0. The molecule has 6 heteroatoms. The summed E-state index contributed by atoms with van der Waals surface area (Å²) in [7, 11) is -1.76. The minimum Gasteiger partial charge on any atom is -0.318 e. The number of likely N-dealkylation sites (N-methyl/N-ethyl adjacent to an activating group) is 1. The van der Waals surface area contributed by atoms with Crippen molar-refractivity contribution >= 4 is 10.2 Å². The van der Waals surface area contributed by atoms with Crippen molar-refractivity contribution in [3.05, 3.63) is 0 Å². The van der Waals surface area contributed by atoms with E-state index in [-0.39, 0.29) is 0 Å². The zero-order valence-corrected chi connectivity index (χ0v) is 6.03. The Bertz CT molecular complexity index is 152. The molecule has 0 aliphatic carbocycles. The Kier molecular flexibility index (Phi) is 3.71. The van der Waals surface area contributed by atoms with Gasteiger partial charge in [-0.25, -0.2) is 9.86 Å². The van der Waals surface area contributed by atoms with E-state index in [1.807, 2.05) is 0 Å². The van der Waals surface area contributed by atoms with E-state index in [1.54, 1.807) is 7.05 Å². The van der Waals surface area contributed by atoms with Crippen molar-refractivity contribution in [2.24, 2.45) is 5.14 Å². The standard InChI is InChI=1S/C3H11N3O2S/c1-5-2-3-6-9(4,7)8/h5-6H,2-3H2,1H3,(H2,4,7,8). The fourth-order valence-electron chi connectivity index (χ4n) is 0.318. The Morgan fingerprint density at radius 1 is 1.44 bits per heavy atom. The van der Waals surface area contributed by atoms with E-state index in [1.165, 1.54) is 0 Å². The Morgan fingerprint density at radius 3 is 2.33 bits per heavy atom. The van der Waals surface area contributed by atoms with Crippen LogP contribution in [0.25, 0.3) is 0 Å². The van der Waals surface area contributed by atoms with E-state index in [0.717, 1.165) is 0 Å². The molecule has 0 aliphatic rings. The van der Waals surface area contributed by atoms with E-state index in [4.69, 9.17) is 0 Å². The lowest BCUT2D eigenvalue weighted by molar-refractivity contribution is 0.581. The van der Waals surface area contributed by atoms with Gasteiger partial charge in [-0.3, -0.25) is 0 Å². The van der Waals surface area contributed by atoms with Crippen LogP contribution in [0, 0.1) is 0 Å². The van der Waals surface area contributed by atoms with Crippen LogP contribution in [-0.4, -0.2) is 28.6 Å². The summed E-state index contributed by atoms with van der Waals surface area (Å²) < 4.78 is 22.4. The van der Waals surface area contributed by atoms with Crippen LogP contribution in [0.4, 0.5) is 0 Å². The maximum atomic E-state index is 10.1. The Labute approximate surface area is 54.8 Å². The highest BCUT2D eigenvalue weighted by Crippen LogP contribution is 1.63. The minimum absolute atomic E-state index is 0.329. The molecule has 0 amide bonds. The molecule has 0 aromatic heterocycles. The molecule has 56 valence electrons. The number of hydrogen-bond donors (Lipinski definition) is 3. The van der Waals surface area contributed by atoms with E-state index >= 15 is 0 Å². The first-order valence-corrected chi connectivity index (χ1v) is 4.03. The molecule has 0 saturated carbocycles. The molecule has 0 aromatic rings. The summed E-state index contributed by atoms with van der Waals surface area (Å²) >= 11 is 0. The van der Waals surface area contributed by atoms with Gasteiger partial charge in [0.15, 0.2) is 0 Å². The Hall–Kier alpha value is -0.170. The van der Waals surface area contributed by atoms with E-state index in [2.05, 4.69) is 15.2 Å². The van der Waals surface area contributed by atoms with Crippen molar-refractivity contribution in [1.82, 2.24) is 10.0 Å². The SMILES string of the molecule is CNCCNS(N)(=O)=O. The van der Waals surface area contributed by atoms with Crippen LogP contribution in [0.3, 0.4) is 0 Å². The molecule has 4 N–H and O–H groups in total. The summed E-state index contributed by atoms with van der Waals surface area (Å²) in [6.07, 6.45) is 0. The third-order valence-electron chi connectivity index (χ3n) is 0.678. The lowest BCUT2D eigenvalue weighted by Crippen LogP contribution is -2.35. The number of nitrogens with two attached hydrogens (primary N) is 1. The molecule has 0 spiro atoms. The molecule has 0 fully saturated rings. The maximum Gasteiger partial charge on any atom is 0.274 e. The largest absolute Gasteiger partial charge is 0.318 e. The second-order valence-electron chi connectivity index (χ2n) is 1.54. The third-order valence-corrected chi connectivity index (χ3v) is 1.28. The number of nitrogens with one attached hydrogen (secondary N) is 2. The first-order chi connectivity index (χ1) is 4.06. The van der Waals surface area contributed by atoms with Gasteiger partial charge in [-0.2, -0.15) is 8.42 Å². The summed E-state index contributed by atoms with van der Waals surface area (Å²) in [5, 5.41) is 7.37. The molecular formula is C3H11N3O2S.